The minimum absolute atomic E-state index is 0.348. The lowest BCUT2D eigenvalue weighted by Crippen LogP contribution is -2.40. The molecule has 0 fully saturated rings. The summed E-state index contributed by atoms with van der Waals surface area (Å²) in [4.78, 5) is 0. The van der Waals surface area contributed by atoms with Crippen molar-refractivity contribution in [3.05, 3.63) is 47.6 Å². The molecule has 0 aromatic heterocycles. The second-order valence-corrected chi connectivity index (χ2v) is 5.36. The standard InChI is InChI=1S/C15H20O2/c1-12-3-7-14(16,8-4-12)11-15(17)9-5-13(2)6-10-15/h3-7,9,16-17H,8,10-11H2,1-2H3/t14-,15-/m0/s1. The zero-order chi connectivity index (χ0) is 12.5. The van der Waals surface area contributed by atoms with Crippen LogP contribution in [0.15, 0.2) is 47.6 Å². The van der Waals surface area contributed by atoms with Crippen LogP contribution < -0.4 is 0 Å². The fourth-order valence-electron chi connectivity index (χ4n) is 2.31. The van der Waals surface area contributed by atoms with E-state index in [1.54, 1.807) is 12.2 Å². The Balaban J connectivity index is 2.07. The van der Waals surface area contributed by atoms with Crippen LogP contribution in [0.4, 0.5) is 0 Å². The molecule has 0 aromatic rings. The van der Waals surface area contributed by atoms with Crippen LogP contribution in [0, 0.1) is 0 Å². The fourth-order valence-corrected chi connectivity index (χ4v) is 2.31. The molecule has 2 atom stereocenters. The largest absolute Gasteiger partial charge is 0.385 e. The molecule has 0 aliphatic heterocycles. The lowest BCUT2D eigenvalue weighted by atomic mass is 9.78. The molecule has 2 aliphatic rings. The first-order chi connectivity index (χ1) is 7.91. The summed E-state index contributed by atoms with van der Waals surface area (Å²) < 4.78 is 0. The van der Waals surface area contributed by atoms with E-state index in [1.807, 2.05) is 38.2 Å². The Kier molecular flexibility index (Phi) is 3.11. The van der Waals surface area contributed by atoms with Gasteiger partial charge in [0, 0.05) is 6.42 Å². The van der Waals surface area contributed by atoms with Crippen molar-refractivity contribution in [1.82, 2.24) is 0 Å². The maximum absolute atomic E-state index is 10.4. The maximum atomic E-state index is 10.4. The molecule has 92 valence electrons. The molecular weight excluding hydrogens is 212 g/mol. The summed E-state index contributed by atoms with van der Waals surface area (Å²) in [6.07, 6.45) is 13.0. The van der Waals surface area contributed by atoms with Crippen LogP contribution in [0.5, 0.6) is 0 Å². The van der Waals surface area contributed by atoms with Gasteiger partial charge in [-0.05, 0) is 26.7 Å². The Morgan fingerprint density at radius 2 is 1.35 bits per heavy atom. The molecule has 0 saturated heterocycles. The summed E-state index contributed by atoms with van der Waals surface area (Å²) in [5, 5.41) is 20.9. The number of aliphatic hydroxyl groups is 2. The molecule has 0 unspecified atom stereocenters. The number of hydrogen-bond donors (Lipinski definition) is 2. The van der Waals surface area contributed by atoms with E-state index in [9.17, 15) is 10.2 Å². The number of hydrogen-bond acceptors (Lipinski definition) is 2. The van der Waals surface area contributed by atoms with Gasteiger partial charge in [-0.25, -0.2) is 0 Å². The first kappa shape index (κ1) is 12.3. The minimum Gasteiger partial charge on any atom is -0.385 e. The van der Waals surface area contributed by atoms with Gasteiger partial charge in [-0.15, -0.1) is 0 Å². The molecule has 0 bridgehead atoms. The van der Waals surface area contributed by atoms with Crippen LogP contribution in [0.3, 0.4) is 0 Å². The Morgan fingerprint density at radius 3 is 1.65 bits per heavy atom. The van der Waals surface area contributed by atoms with Gasteiger partial charge >= 0.3 is 0 Å². The maximum Gasteiger partial charge on any atom is 0.0895 e. The van der Waals surface area contributed by atoms with Crippen LogP contribution in [-0.4, -0.2) is 21.4 Å². The van der Waals surface area contributed by atoms with E-state index < -0.39 is 11.2 Å². The number of allylic oxidation sites excluding steroid dienone is 4. The normalized spacial score (nSPS) is 36.7. The summed E-state index contributed by atoms with van der Waals surface area (Å²) >= 11 is 0. The summed E-state index contributed by atoms with van der Waals surface area (Å²) in [6, 6.07) is 0. The quantitative estimate of drug-likeness (QED) is 0.768. The highest BCUT2D eigenvalue weighted by Crippen LogP contribution is 2.34. The van der Waals surface area contributed by atoms with Gasteiger partial charge in [0.1, 0.15) is 0 Å². The highest BCUT2D eigenvalue weighted by atomic mass is 16.3. The zero-order valence-corrected chi connectivity index (χ0v) is 10.5. The number of rotatable bonds is 2. The van der Waals surface area contributed by atoms with Crippen LogP contribution >= 0.6 is 0 Å². The topological polar surface area (TPSA) is 40.5 Å². The predicted octanol–water partition coefficient (Wildman–Crippen LogP) is 2.65. The van der Waals surface area contributed by atoms with Crippen LogP contribution in [0.1, 0.15) is 33.1 Å². The molecule has 0 aromatic carbocycles. The van der Waals surface area contributed by atoms with Gasteiger partial charge in [0.25, 0.3) is 0 Å². The summed E-state index contributed by atoms with van der Waals surface area (Å²) in [5.41, 5.74) is 0.489. The van der Waals surface area contributed by atoms with Crippen molar-refractivity contribution in [2.75, 3.05) is 0 Å². The average molecular weight is 232 g/mol. The fraction of sp³-hybridized carbons (Fsp3) is 0.467. The van der Waals surface area contributed by atoms with Crippen molar-refractivity contribution in [3.63, 3.8) is 0 Å². The molecule has 0 heterocycles. The Bertz CT molecular complexity index is 388. The van der Waals surface area contributed by atoms with Gasteiger partial charge in [0.05, 0.1) is 11.2 Å². The molecule has 0 spiro atoms. The summed E-state index contributed by atoms with van der Waals surface area (Å²) in [7, 11) is 0. The van der Waals surface area contributed by atoms with E-state index in [0.29, 0.717) is 19.3 Å². The predicted molar refractivity (Wildman–Crippen MR) is 69.5 cm³/mol. The van der Waals surface area contributed by atoms with Crippen molar-refractivity contribution in [1.29, 1.82) is 0 Å². The molecule has 2 N–H and O–H groups in total. The van der Waals surface area contributed by atoms with Gasteiger partial charge in [-0.2, -0.15) is 0 Å². The smallest absolute Gasteiger partial charge is 0.0895 e. The van der Waals surface area contributed by atoms with E-state index in [1.165, 1.54) is 0 Å². The highest BCUT2D eigenvalue weighted by Gasteiger charge is 2.36. The third-order valence-electron chi connectivity index (χ3n) is 3.48. The molecule has 2 rings (SSSR count). The molecular formula is C15H20O2. The Labute approximate surface area is 103 Å². The van der Waals surface area contributed by atoms with E-state index in [-0.39, 0.29) is 0 Å². The Hall–Kier alpha value is -1.12. The van der Waals surface area contributed by atoms with Crippen molar-refractivity contribution < 1.29 is 10.2 Å². The lowest BCUT2D eigenvalue weighted by molar-refractivity contribution is -0.0105. The SMILES string of the molecule is CC1=CC[C@](O)(C[C@]2(O)C=CC(C)=CC2)C=C1. The Morgan fingerprint density at radius 1 is 0.941 bits per heavy atom. The first-order valence-electron chi connectivity index (χ1n) is 6.08. The van der Waals surface area contributed by atoms with E-state index in [2.05, 4.69) is 0 Å². The minimum atomic E-state index is -0.919. The van der Waals surface area contributed by atoms with E-state index >= 15 is 0 Å². The van der Waals surface area contributed by atoms with Crippen molar-refractivity contribution in [2.45, 2.75) is 44.3 Å². The van der Waals surface area contributed by atoms with Crippen molar-refractivity contribution in [2.24, 2.45) is 0 Å². The third kappa shape index (κ3) is 2.96. The molecule has 2 heteroatoms. The molecule has 2 aliphatic carbocycles. The van der Waals surface area contributed by atoms with Gasteiger partial charge < -0.3 is 10.2 Å². The van der Waals surface area contributed by atoms with E-state index in [4.69, 9.17) is 0 Å². The molecule has 0 saturated carbocycles. The van der Waals surface area contributed by atoms with Crippen LogP contribution in [0.25, 0.3) is 0 Å². The molecule has 2 nitrogen and oxygen atoms in total. The third-order valence-corrected chi connectivity index (χ3v) is 3.48. The molecule has 17 heavy (non-hydrogen) atoms. The van der Waals surface area contributed by atoms with E-state index in [0.717, 1.165) is 11.1 Å². The molecule has 0 amide bonds. The van der Waals surface area contributed by atoms with Crippen LogP contribution in [0.2, 0.25) is 0 Å². The zero-order valence-electron chi connectivity index (χ0n) is 10.5. The van der Waals surface area contributed by atoms with Gasteiger partial charge in [0.2, 0.25) is 0 Å². The second kappa shape index (κ2) is 4.28. The van der Waals surface area contributed by atoms with Gasteiger partial charge in [-0.1, -0.05) is 47.6 Å². The molecule has 0 radical (unpaired) electrons. The van der Waals surface area contributed by atoms with Crippen molar-refractivity contribution in [3.8, 4) is 0 Å². The lowest BCUT2D eigenvalue weighted by Gasteiger charge is -2.35. The first-order valence-corrected chi connectivity index (χ1v) is 6.08. The van der Waals surface area contributed by atoms with Crippen molar-refractivity contribution >= 4 is 0 Å². The van der Waals surface area contributed by atoms with Crippen LogP contribution in [-0.2, 0) is 0 Å². The second-order valence-electron chi connectivity index (χ2n) is 5.36. The van der Waals surface area contributed by atoms with Gasteiger partial charge in [-0.3, -0.25) is 0 Å². The monoisotopic (exact) mass is 232 g/mol. The summed E-state index contributed by atoms with van der Waals surface area (Å²) in [5.74, 6) is 0. The van der Waals surface area contributed by atoms with Gasteiger partial charge in [0.15, 0.2) is 0 Å². The average Bonchev–Trinajstić information content (AvgIpc) is 2.28. The highest BCUT2D eigenvalue weighted by molar-refractivity contribution is 5.30. The summed E-state index contributed by atoms with van der Waals surface area (Å²) in [6.45, 7) is 4.02.